The fourth-order valence-electron chi connectivity index (χ4n) is 0.897. The monoisotopic (exact) mass is 169 g/mol. The van der Waals surface area contributed by atoms with Gasteiger partial charge in [-0.05, 0) is 7.05 Å². The van der Waals surface area contributed by atoms with Crippen molar-refractivity contribution >= 4 is 11.4 Å². The van der Waals surface area contributed by atoms with Crippen molar-refractivity contribution in [2.75, 3.05) is 31.2 Å². The molecule has 12 heavy (non-hydrogen) atoms. The summed E-state index contributed by atoms with van der Waals surface area (Å²) in [4.78, 5) is 21.4. The van der Waals surface area contributed by atoms with Crippen LogP contribution in [0.2, 0.25) is 0 Å². The van der Waals surface area contributed by atoms with Crippen molar-refractivity contribution in [2.24, 2.45) is 0 Å². The Bertz CT molecular complexity index is 338. The molecule has 0 heterocycles. The molecule has 0 aliphatic heterocycles. The summed E-state index contributed by atoms with van der Waals surface area (Å²) in [6, 6.07) is 0. The third kappa shape index (κ3) is 1.31. The first-order valence-electron chi connectivity index (χ1n) is 3.65. The van der Waals surface area contributed by atoms with E-state index in [4.69, 9.17) is 5.73 Å². The first-order valence-corrected chi connectivity index (χ1v) is 3.65. The summed E-state index contributed by atoms with van der Waals surface area (Å²) in [7, 11) is 1.80. The lowest BCUT2D eigenvalue weighted by Gasteiger charge is -2.08. The molecule has 0 bridgehead atoms. The predicted octanol–water partition coefficient (Wildman–Crippen LogP) is -1.50. The van der Waals surface area contributed by atoms with Gasteiger partial charge < -0.3 is 16.4 Å². The summed E-state index contributed by atoms with van der Waals surface area (Å²) in [6.45, 7) is 1.31. The molecule has 0 spiro atoms. The summed E-state index contributed by atoms with van der Waals surface area (Å²) in [5.74, 6) is 0. The average molecular weight is 169 g/mol. The van der Waals surface area contributed by atoms with E-state index in [0.717, 1.165) is 6.54 Å². The Hall–Kier alpha value is -1.36. The van der Waals surface area contributed by atoms with Crippen molar-refractivity contribution in [1.29, 1.82) is 0 Å². The molecule has 5 heteroatoms. The van der Waals surface area contributed by atoms with Crippen LogP contribution in [0.4, 0.5) is 11.4 Å². The molecule has 0 radical (unpaired) electrons. The zero-order valence-corrected chi connectivity index (χ0v) is 6.81. The van der Waals surface area contributed by atoms with Gasteiger partial charge in [-0.1, -0.05) is 0 Å². The van der Waals surface area contributed by atoms with Gasteiger partial charge in [0, 0.05) is 13.1 Å². The standard InChI is InChI=1S/C7H11N3O2/c1-9-2-3-10-5-4(8)6(11)7(5)12/h9-10H,2-3,8H2,1H3. The van der Waals surface area contributed by atoms with Crippen LogP contribution in [-0.2, 0) is 0 Å². The van der Waals surface area contributed by atoms with Crippen LogP contribution in [0.15, 0.2) is 9.59 Å². The van der Waals surface area contributed by atoms with E-state index in [9.17, 15) is 9.59 Å². The van der Waals surface area contributed by atoms with Crippen molar-refractivity contribution in [3.63, 3.8) is 0 Å². The summed E-state index contributed by atoms with van der Waals surface area (Å²) in [6.07, 6.45) is 0. The second kappa shape index (κ2) is 3.36. The highest BCUT2D eigenvalue weighted by Crippen LogP contribution is 2.07. The molecule has 0 saturated heterocycles. The minimum Gasteiger partial charge on any atom is -0.394 e. The van der Waals surface area contributed by atoms with Crippen LogP contribution < -0.4 is 27.2 Å². The molecule has 0 aliphatic rings. The van der Waals surface area contributed by atoms with Crippen LogP contribution in [0.25, 0.3) is 0 Å². The van der Waals surface area contributed by atoms with E-state index >= 15 is 0 Å². The van der Waals surface area contributed by atoms with E-state index in [-0.39, 0.29) is 11.4 Å². The fourth-order valence-corrected chi connectivity index (χ4v) is 0.897. The van der Waals surface area contributed by atoms with Gasteiger partial charge in [0.05, 0.1) is 0 Å². The van der Waals surface area contributed by atoms with Crippen molar-refractivity contribution in [3.05, 3.63) is 20.4 Å². The predicted molar refractivity (Wildman–Crippen MR) is 48.2 cm³/mol. The number of anilines is 2. The number of likely N-dealkylation sites (N-methyl/N-ethyl adjacent to an activating group) is 1. The molecule has 4 N–H and O–H groups in total. The molecule has 1 aromatic rings. The van der Waals surface area contributed by atoms with Gasteiger partial charge in [0.1, 0.15) is 11.4 Å². The lowest BCUT2D eigenvalue weighted by Crippen LogP contribution is -2.38. The Kier molecular flexibility index (Phi) is 2.44. The van der Waals surface area contributed by atoms with E-state index in [0.29, 0.717) is 6.54 Å². The maximum absolute atomic E-state index is 10.8. The number of rotatable bonds is 4. The average Bonchev–Trinajstić information content (AvgIpc) is 2.11. The Morgan fingerprint density at radius 3 is 2.42 bits per heavy atom. The molecular weight excluding hydrogens is 158 g/mol. The van der Waals surface area contributed by atoms with Gasteiger partial charge in [-0.3, -0.25) is 9.59 Å². The molecule has 5 nitrogen and oxygen atoms in total. The number of nitrogens with one attached hydrogen (secondary N) is 2. The first-order chi connectivity index (χ1) is 5.68. The van der Waals surface area contributed by atoms with Gasteiger partial charge in [0.15, 0.2) is 0 Å². The Balaban J connectivity index is 2.55. The second-order valence-electron chi connectivity index (χ2n) is 2.48. The number of nitrogen functional groups attached to an aromatic ring is 1. The molecule has 1 aromatic carbocycles. The van der Waals surface area contributed by atoms with Gasteiger partial charge in [0.2, 0.25) is 0 Å². The molecule has 0 aromatic heterocycles. The lowest BCUT2D eigenvalue weighted by atomic mass is 10.2. The minimum absolute atomic E-state index is 0.0519. The highest BCUT2D eigenvalue weighted by molar-refractivity contribution is 5.71. The second-order valence-corrected chi connectivity index (χ2v) is 2.48. The van der Waals surface area contributed by atoms with Crippen molar-refractivity contribution < 1.29 is 0 Å². The molecule has 0 unspecified atom stereocenters. The van der Waals surface area contributed by atoms with Gasteiger partial charge in [-0.15, -0.1) is 0 Å². The zero-order valence-electron chi connectivity index (χ0n) is 6.81. The third-order valence-electron chi connectivity index (χ3n) is 1.62. The molecular formula is C7H11N3O2. The molecule has 66 valence electrons. The number of hydrogen-bond acceptors (Lipinski definition) is 5. The van der Waals surface area contributed by atoms with Gasteiger partial charge >= 0.3 is 0 Å². The summed E-state index contributed by atoms with van der Waals surface area (Å²) in [5.41, 5.74) is 4.48. The van der Waals surface area contributed by atoms with Gasteiger partial charge in [-0.25, -0.2) is 0 Å². The zero-order chi connectivity index (χ0) is 9.14. The fraction of sp³-hybridized carbons (Fsp3) is 0.429. The van der Waals surface area contributed by atoms with Crippen molar-refractivity contribution in [2.45, 2.75) is 0 Å². The van der Waals surface area contributed by atoms with E-state index in [1.807, 2.05) is 0 Å². The largest absolute Gasteiger partial charge is 0.394 e. The van der Waals surface area contributed by atoms with Crippen molar-refractivity contribution in [3.8, 4) is 0 Å². The highest BCUT2D eigenvalue weighted by Gasteiger charge is 2.16. The lowest BCUT2D eigenvalue weighted by molar-refractivity contribution is 0.823. The maximum atomic E-state index is 10.8. The number of nitrogens with two attached hydrogens (primary N) is 1. The van der Waals surface area contributed by atoms with E-state index < -0.39 is 10.9 Å². The summed E-state index contributed by atoms with van der Waals surface area (Å²) < 4.78 is 0. The Morgan fingerprint density at radius 1 is 1.25 bits per heavy atom. The summed E-state index contributed by atoms with van der Waals surface area (Å²) in [5, 5.41) is 5.66. The molecule has 0 amide bonds. The molecule has 0 aliphatic carbocycles. The van der Waals surface area contributed by atoms with Crippen LogP contribution in [0, 0.1) is 0 Å². The Labute approximate surface area is 69.3 Å². The van der Waals surface area contributed by atoms with Crippen LogP contribution >= 0.6 is 0 Å². The normalized spacial score (nSPS) is 10.4. The smallest absolute Gasteiger partial charge is 0.253 e. The molecule has 1 rings (SSSR count). The molecule has 0 atom stereocenters. The SMILES string of the molecule is CNCCNc1c(N)c(=O)c1=O. The van der Waals surface area contributed by atoms with Gasteiger partial charge in [-0.2, -0.15) is 0 Å². The van der Waals surface area contributed by atoms with Crippen LogP contribution in [0.3, 0.4) is 0 Å². The quantitative estimate of drug-likeness (QED) is 0.377. The van der Waals surface area contributed by atoms with E-state index in [2.05, 4.69) is 10.6 Å². The van der Waals surface area contributed by atoms with Crippen LogP contribution in [0.1, 0.15) is 0 Å². The molecule has 0 fully saturated rings. The van der Waals surface area contributed by atoms with E-state index in [1.54, 1.807) is 7.05 Å². The first kappa shape index (κ1) is 8.73. The Morgan fingerprint density at radius 2 is 1.92 bits per heavy atom. The van der Waals surface area contributed by atoms with Crippen LogP contribution in [-0.4, -0.2) is 20.1 Å². The number of hydrogen-bond donors (Lipinski definition) is 3. The van der Waals surface area contributed by atoms with Gasteiger partial charge in [0.25, 0.3) is 10.9 Å². The van der Waals surface area contributed by atoms with E-state index in [1.165, 1.54) is 0 Å². The topological polar surface area (TPSA) is 84.2 Å². The molecule has 0 saturated carbocycles. The van der Waals surface area contributed by atoms with Crippen LogP contribution in [0.5, 0.6) is 0 Å². The summed E-state index contributed by atoms with van der Waals surface area (Å²) >= 11 is 0. The minimum atomic E-state index is -0.582. The highest BCUT2D eigenvalue weighted by atomic mass is 16.2. The van der Waals surface area contributed by atoms with Crippen molar-refractivity contribution in [1.82, 2.24) is 5.32 Å². The maximum Gasteiger partial charge on any atom is 0.253 e. The third-order valence-corrected chi connectivity index (χ3v) is 1.62.